The summed E-state index contributed by atoms with van der Waals surface area (Å²) in [5.41, 5.74) is 4.90. The average Bonchev–Trinajstić information content (AvgIpc) is 3.73. The van der Waals surface area contributed by atoms with E-state index < -0.39 is 11.2 Å². The molecule has 2 heterocycles. The molecule has 0 aliphatic heterocycles. The number of carbonyl (C=O) groups is 2. The molecule has 10 heteroatoms. The second-order valence-electron chi connectivity index (χ2n) is 11.2. The van der Waals surface area contributed by atoms with Crippen LogP contribution in [0.1, 0.15) is 53.4 Å². The van der Waals surface area contributed by atoms with Crippen molar-refractivity contribution in [3.63, 3.8) is 0 Å². The molecular formula is C38H33ClN4O3S2. The van der Waals surface area contributed by atoms with Gasteiger partial charge in [0.25, 0.3) is 0 Å². The van der Waals surface area contributed by atoms with Gasteiger partial charge in [0.05, 0.1) is 17.9 Å². The number of hydrogen-bond donors (Lipinski definition) is 1. The largest absolute Gasteiger partial charge is 0.462 e. The van der Waals surface area contributed by atoms with Crippen LogP contribution in [0.5, 0.6) is 0 Å². The second-order valence-corrected chi connectivity index (χ2v) is 13.8. The van der Waals surface area contributed by atoms with Crippen LogP contribution in [0.25, 0.3) is 27.5 Å². The summed E-state index contributed by atoms with van der Waals surface area (Å²) >= 11 is 8.86. The van der Waals surface area contributed by atoms with Crippen LogP contribution in [-0.4, -0.2) is 33.2 Å². The first-order chi connectivity index (χ1) is 23.3. The summed E-state index contributed by atoms with van der Waals surface area (Å²) in [6.45, 7) is 6.26. The van der Waals surface area contributed by atoms with E-state index in [0.717, 1.165) is 32.8 Å². The van der Waals surface area contributed by atoms with Crippen LogP contribution in [0, 0.1) is 0 Å². The van der Waals surface area contributed by atoms with Gasteiger partial charge < -0.3 is 10.1 Å². The van der Waals surface area contributed by atoms with E-state index in [0.29, 0.717) is 26.6 Å². The monoisotopic (exact) mass is 692 g/mol. The van der Waals surface area contributed by atoms with Crippen molar-refractivity contribution < 1.29 is 14.3 Å². The highest BCUT2D eigenvalue weighted by Gasteiger charge is 2.29. The molecule has 0 spiro atoms. The number of para-hydroxylation sites is 1. The van der Waals surface area contributed by atoms with Gasteiger partial charge in [-0.25, -0.2) is 4.79 Å². The van der Waals surface area contributed by atoms with Crippen LogP contribution in [0.15, 0.2) is 120 Å². The van der Waals surface area contributed by atoms with Crippen molar-refractivity contribution in [1.29, 1.82) is 0 Å². The number of thioether (sulfide) groups is 1. The van der Waals surface area contributed by atoms with Gasteiger partial charge in [-0.15, -0.1) is 21.5 Å². The number of nitrogens with one attached hydrogen (secondary N) is 1. The first-order valence-electron chi connectivity index (χ1n) is 15.5. The van der Waals surface area contributed by atoms with Crippen LogP contribution in [-0.2, 0) is 9.53 Å². The van der Waals surface area contributed by atoms with Crippen molar-refractivity contribution in [1.82, 2.24) is 14.8 Å². The zero-order chi connectivity index (χ0) is 33.6. The fraction of sp³-hybridized carbons (Fsp3) is 0.158. The minimum atomic E-state index is -0.740. The molecule has 7 nitrogen and oxygen atoms in total. The third kappa shape index (κ3) is 7.23. The third-order valence-corrected chi connectivity index (χ3v) is 10.2. The van der Waals surface area contributed by atoms with E-state index in [4.69, 9.17) is 16.3 Å². The summed E-state index contributed by atoms with van der Waals surface area (Å²) in [4.78, 5) is 28.3. The van der Waals surface area contributed by atoms with Crippen molar-refractivity contribution in [3.8, 4) is 27.5 Å². The molecule has 1 atom stereocenters. The Labute approximate surface area is 293 Å². The molecule has 0 aliphatic rings. The number of carbonyl (C=O) groups excluding carboxylic acids is 2. The topological polar surface area (TPSA) is 86.1 Å². The fourth-order valence-electron chi connectivity index (χ4n) is 5.30. The van der Waals surface area contributed by atoms with Crippen molar-refractivity contribution >= 4 is 51.6 Å². The molecule has 1 unspecified atom stereocenters. The molecule has 1 N–H and O–H groups in total. The maximum Gasteiger partial charge on any atom is 0.341 e. The van der Waals surface area contributed by atoms with Gasteiger partial charge in [0.15, 0.2) is 11.0 Å². The van der Waals surface area contributed by atoms with E-state index in [-0.39, 0.29) is 18.4 Å². The lowest BCUT2D eigenvalue weighted by molar-refractivity contribution is -0.115. The quantitative estimate of drug-likeness (QED) is 0.107. The number of benzene rings is 4. The number of anilines is 1. The van der Waals surface area contributed by atoms with Crippen LogP contribution < -0.4 is 5.32 Å². The Morgan fingerprint density at radius 2 is 1.54 bits per heavy atom. The molecule has 0 radical (unpaired) electrons. The first-order valence-corrected chi connectivity index (χ1v) is 17.6. The van der Waals surface area contributed by atoms with E-state index >= 15 is 0 Å². The lowest BCUT2D eigenvalue weighted by atomic mass is 10.0. The molecule has 1 amide bonds. The molecular weight excluding hydrogens is 660 g/mol. The van der Waals surface area contributed by atoms with Crippen molar-refractivity contribution in [2.45, 2.75) is 37.1 Å². The van der Waals surface area contributed by atoms with Gasteiger partial charge in [0.1, 0.15) is 10.3 Å². The Morgan fingerprint density at radius 3 is 2.23 bits per heavy atom. The summed E-state index contributed by atoms with van der Waals surface area (Å²) in [6, 6.07) is 36.7. The SMILES string of the molecule is CCOC(=O)c1cc(-c2ccccc2)sc1NC(=O)C(Sc1nnc(-c2ccc(Cl)cc2)n1-c1ccccc1C(C)C)c1ccccc1. The molecule has 48 heavy (non-hydrogen) atoms. The second kappa shape index (κ2) is 15.0. The maximum absolute atomic E-state index is 14.4. The molecule has 0 bridgehead atoms. The predicted octanol–water partition coefficient (Wildman–Crippen LogP) is 10.1. The van der Waals surface area contributed by atoms with E-state index in [2.05, 4.69) is 35.4 Å². The number of nitrogens with zero attached hydrogens (tertiary/aromatic N) is 3. The number of esters is 1. The number of rotatable bonds is 11. The minimum absolute atomic E-state index is 0.215. The first kappa shape index (κ1) is 33.2. The lowest BCUT2D eigenvalue weighted by Crippen LogP contribution is -2.20. The molecule has 0 saturated carbocycles. The minimum Gasteiger partial charge on any atom is -0.462 e. The van der Waals surface area contributed by atoms with Crippen LogP contribution in [0.4, 0.5) is 5.00 Å². The Bertz CT molecular complexity index is 2030. The van der Waals surface area contributed by atoms with Gasteiger partial charge in [0, 0.05) is 15.5 Å². The van der Waals surface area contributed by atoms with E-state index in [9.17, 15) is 9.59 Å². The van der Waals surface area contributed by atoms with Crippen LogP contribution >= 0.6 is 34.7 Å². The van der Waals surface area contributed by atoms with Crippen molar-refractivity contribution in [3.05, 3.63) is 137 Å². The van der Waals surface area contributed by atoms with Gasteiger partial charge in [-0.1, -0.05) is 116 Å². The van der Waals surface area contributed by atoms with Crippen LogP contribution in [0.2, 0.25) is 5.02 Å². The Hall–Kier alpha value is -4.70. The number of ether oxygens (including phenoxy) is 1. The summed E-state index contributed by atoms with van der Waals surface area (Å²) in [5.74, 6) is 0.0438. The summed E-state index contributed by atoms with van der Waals surface area (Å²) in [5, 5.41) is 13.2. The van der Waals surface area contributed by atoms with Gasteiger partial charge in [-0.3, -0.25) is 9.36 Å². The molecule has 0 aliphatic carbocycles. The summed E-state index contributed by atoms with van der Waals surface area (Å²) in [6.07, 6.45) is 0. The smallest absolute Gasteiger partial charge is 0.341 e. The number of hydrogen-bond acceptors (Lipinski definition) is 7. The van der Waals surface area contributed by atoms with Crippen molar-refractivity contribution in [2.75, 3.05) is 11.9 Å². The van der Waals surface area contributed by atoms with Gasteiger partial charge in [-0.2, -0.15) is 0 Å². The average molecular weight is 693 g/mol. The summed E-state index contributed by atoms with van der Waals surface area (Å²) in [7, 11) is 0. The molecule has 0 fully saturated rings. The third-order valence-electron chi connectivity index (χ3n) is 7.62. The number of aromatic nitrogens is 3. The molecule has 6 aromatic rings. The molecule has 0 saturated heterocycles. The molecule has 4 aromatic carbocycles. The summed E-state index contributed by atoms with van der Waals surface area (Å²) < 4.78 is 7.38. The van der Waals surface area contributed by atoms with Gasteiger partial charge >= 0.3 is 5.97 Å². The van der Waals surface area contributed by atoms with Crippen LogP contribution in [0.3, 0.4) is 0 Å². The van der Waals surface area contributed by atoms with E-state index in [1.807, 2.05) is 108 Å². The number of amides is 1. The Kier molecular flexibility index (Phi) is 10.4. The standard InChI is InChI=1S/C38H33ClN4O3S2/c1-4-46-37(45)30-23-32(25-13-7-5-8-14-25)47-36(30)40-35(44)33(26-15-9-6-10-16-26)48-38-42-41-34(27-19-21-28(39)22-20-27)43(38)31-18-12-11-17-29(31)24(2)3/h5-24,33H,4H2,1-3H3,(H,40,44). The zero-order valence-electron chi connectivity index (χ0n) is 26.6. The highest BCUT2D eigenvalue weighted by atomic mass is 35.5. The highest BCUT2D eigenvalue weighted by Crippen LogP contribution is 2.42. The lowest BCUT2D eigenvalue weighted by Gasteiger charge is -2.20. The highest BCUT2D eigenvalue weighted by molar-refractivity contribution is 8.00. The van der Waals surface area contributed by atoms with Gasteiger partial charge in [0.2, 0.25) is 5.91 Å². The Morgan fingerprint density at radius 1 is 0.875 bits per heavy atom. The molecule has 6 rings (SSSR count). The van der Waals surface area contributed by atoms with E-state index in [1.165, 1.54) is 23.1 Å². The normalized spacial score (nSPS) is 11.8. The molecule has 242 valence electrons. The maximum atomic E-state index is 14.4. The van der Waals surface area contributed by atoms with Crippen molar-refractivity contribution in [2.24, 2.45) is 0 Å². The van der Waals surface area contributed by atoms with Gasteiger partial charge in [-0.05, 0) is 65.9 Å². The predicted molar refractivity (Wildman–Crippen MR) is 195 cm³/mol. The fourth-order valence-corrected chi connectivity index (χ4v) is 7.53. The zero-order valence-corrected chi connectivity index (χ0v) is 29.0. The van der Waals surface area contributed by atoms with E-state index in [1.54, 1.807) is 13.0 Å². The Balaban J connectivity index is 1.43. The number of thiophene rings is 1. The number of halogens is 1. The molecule has 2 aromatic heterocycles.